The average molecular weight is 751 g/mol. The third kappa shape index (κ3) is 41.4. The van der Waals surface area contributed by atoms with Crippen molar-refractivity contribution in [3.8, 4) is 0 Å². The molecule has 0 saturated heterocycles. The van der Waals surface area contributed by atoms with Crippen LogP contribution in [0.5, 0.6) is 0 Å². The SMILES string of the molecule is CCCCCCCCCCCCCCC(=O)OC[C@@H](COC(=O)CCCCCCCCCCCCCCCC(C)C)OC(=O)CCCCCCCCC. The zero-order valence-electron chi connectivity index (χ0n) is 36.0. The zero-order chi connectivity index (χ0) is 38.9. The fourth-order valence-corrected chi connectivity index (χ4v) is 6.98. The molecular formula is C47H90O6. The number of hydrogen-bond donors (Lipinski definition) is 0. The zero-order valence-corrected chi connectivity index (χ0v) is 36.0. The van der Waals surface area contributed by atoms with Gasteiger partial charge in [0.1, 0.15) is 13.2 Å². The molecule has 6 nitrogen and oxygen atoms in total. The quantitative estimate of drug-likeness (QED) is 0.0351. The van der Waals surface area contributed by atoms with Gasteiger partial charge in [0.05, 0.1) is 0 Å². The summed E-state index contributed by atoms with van der Waals surface area (Å²) in [7, 11) is 0. The number of unbranched alkanes of at least 4 members (excludes halogenated alkanes) is 29. The molecule has 0 aromatic carbocycles. The van der Waals surface area contributed by atoms with Gasteiger partial charge in [-0.2, -0.15) is 0 Å². The Morgan fingerprint density at radius 2 is 0.623 bits per heavy atom. The molecule has 6 heteroatoms. The summed E-state index contributed by atoms with van der Waals surface area (Å²) in [6.45, 7) is 8.97. The molecule has 0 aliphatic carbocycles. The highest BCUT2D eigenvalue weighted by Crippen LogP contribution is 2.16. The van der Waals surface area contributed by atoms with Crippen LogP contribution >= 0.6 is 0 Å². The molecule has 0 saturated carbocycles. The van der Waals surface area contributed by atoms with E-state index in [1.807, 2.05) is 0 Å². The predicted molar refractivity (Wildman–Crippen MR) is 224 cm³/mol. The summed E-state index contributed by atoms with van der Waals surface area (Å²) in [6, 6.07) is 0. The topological polar surface area (TPSA) is 78.9 Å². The second kappa shape index (κ2) is 41.6. The standard InChI is InChI=1S/C47H90O6/c1-5-7-9-11-13-14-15-20-23-27-30-34-38-45(48)51-41-44(53-47(50)40-36-32-25-12-10-8-6-2)42-52-46(49)39-35-31-28-24-21-18-16-17-19-22-26-29-33-37-43(3)4/h43-44H,5-42H2,1-4H3/t44-/m0/s1. The molecule has 0 bridgehead atoms. The maximum atomic E-state index is 12.6. The van der Waals surface area contributed by atoms with Crippen LogP contribution in [0.15, 0.2) is 0 Å². The van der Waals surface area contributed by atoms with Crippen molar-refractivity contribution in [2.75, 3.05) is 13.2 Å². The second-order valence-corrected chi connectivity index (χ2v) is 16.5. The molecule has 53 heavy (non-hydrogen) atoms. The molecule has 0 N–H and O–H groups in total. The van der Waals surface area contributed by atoms with Gasteiger partial charge in [-0.25, -0.2) is 0 Å². The van der Waals surface area contributed by atoms with E-state index < -0.39 is 6.10 Å². The minimum Gasteiger partial charge on any atom is -0.462 e. The van der Waals surface area contributed by atoms with Gasteiger partial charge in [-0.1, -0.05) is 220 Å². The third-order valence-corrected chi connectivity index (χ3v) is 10.5. The first-order valence-electron chi connectivity index (χ1n) is 23.4. The lowest BCUT2D eigenvalue weighted by molar-refractivity contribution is -0.167. The fourth-order valence-electron chi connectivity index (χ4n) is 6.98. The Morgan fingerprint density at radius 1 is 0.358 bits per heavy atom. The van der Waals surface area contributed by atoms with Crippen molar-refractivity contribution in [2.24, 2.45) is 5.92 Å². The normalized spacial score (nSPS) is 11.9. The van der Waals surface area contributed by atoms with Crippen LogP contribution < -0.4 is 0 Å². The number of rotatable bonds is 42. The van der Waals surface area contributed by atoms with E-state index >= 15 is 0 Å². The maximum absolute atomic E-state index is 12.6. The molecule has 0 fully saturated rings. The lowest BCUT2D eigenvalue weighted by Gasteiger charge is -2.18. The van der Waals surface area contributed by atoms with Gasteiger partial charge in [0.2, 0.25) is 0 Å². The van der Waals surface area contributed by atoms with Crippen LogP contribution in [0.25, 0.3) is 0 Å². The van der Waals surface area contributed by atoms with E-state index in [2.05, 4.69) is 27.7 Å². The lowest BCUT2D eigenvalue weighted by Crippen LogP contribution is -2.30. The summed E-state index contributed by atoms with van der Waals surface area (Å²) >= 11 is 0. The fraction of sp³-hybridized carbons (Fsp3) is 0.936. The van der Waals surface area contributed by atoms with E-state index in [1.54, 1.807) is 0 Å². The van der Waals surface area contributed by atoms with Gasteiger partial charge in [0.15, 0.2) is 6.10 Å². The minimum absolute atomic E-state index is 0.0641. The third-order valence-electron chi connectivity index (χ3n) is 10.5. The Labute approximate surface area is 329 Å². The Balaban J connectivity index is 4.20. The van der Waals surface area contributed by atoms with Crippen LogP contribution in [0.1, 0.15) is 259 Å². The first-order valence-corrected chi connectivity index (χ1v) is 23.4. The van der Waals surface area contributed by atoms with E-state index in [9.17, 15) is 14.4 Å². The molecular weight excluding hydrogens is 661 g/mol. The molecule has 0 aromatic heterocycles. The van der Waals surface area contributed by atoms with Crippen molar-refractivity contribution in [1.29, 1.82) is 0 Å². The van der Waals surface area contributed by atoms with E-state index in [4.69, 9.17) is 14.2 Å². The highest BCUT2D eigenvalue weighted by molar-refractivity contribution is 5.71. The average Bonchev–Trinajstić information content (AvgIpc) is 3.14. The molecule has 1 atom stereocenters. The minimum atomic E-state index is -0.758. The summed E-state index contributed by atoms with van der Waals surface area (Å²) in [5.41, 5.74) is 0. The monoisotopic (exact) mass is 751 g/mol. The van der Waals surface area contributed by atoms with Gasteiger partial charge < -0.3 is 14.2 Å². The van der Waals surface area contributed by atoms with Gasteiger partial charge in [0.25, 0.3) is 0 Å². The van der Waals surface area contributed by atoms with Crippen LogP contribution in [0, 0.1) is 5.92 Å². The molecule has 0 unspecified atom stereocenters. The summed E-state index contributed by atoms with van der Waals surface area (Å²) < 4.78 is 16.7. The van der Waals surface area contributed by atoms with Crippen LogP contribution in [-0.4, -0.2) is 37.2 Å². The van der Waals surface area contributed by atoms with E-state index in [-0.39, 0.29) is 31.1 Å². The summed E-state index contributed by atoms with van der Waals surface area (Å²) in [5.74, 6) is -0.0189. The number of ether oxygens (including phenoxy) is 3. The maximum Gasteiger partial charge on any atom is 0.306 e. The largest absolute Gasteiger partial charge is 0.462 e. The Morgan fingerprint density at radius 3 is 0.925 bits per heavy atom. The van der Waals surface area contributed by atoms with Crippen molar-refractivity contribution < 1.29 is 28.6 Å². The number of carbonyl (C=O) groups is 3. The van der Waals surface area contributed by atoms with Crippen molar-refractivity contribution in [1.82, 2.24) is 0 Å². The van der Waals surface area contributed by atoms with Crippen molar-refractivity contribution in [3.05, 3.63) is 0 Å². The van der Waals surface area contributed by atoms with Crippen LogP contribution in [-0.2, 0) is 28.6 Å². The smallest absolute Gasteiger partial charge is 0.306 e. The van der Waals surface area contributed by atoms with Crippen LogP contribution in [0.4, 0.5) is 0 Å². The highest BCUT2D eigenvalue weighted by Gasteiger charge is 2.19. The first kappa shape index (κ1) is 51.4. The molecule has 0 heterocycles. The van der Waals surface area contributed by atoms with Gasteiger partial charge >= 0.3 is 17.9 Å². The van der Waals surface area contributed by atoms with E-state index in [0.717, 1.165) is 63.7 Å². The molecule has 0 amide bonds. The molecule has 0 rings (SSSR count). The summed E-state index contributed by atoms with van der Waals surface area (Å²) in [5, 5.41) is 0. The van der Waals surface area contributed by atoms with Crippen LogP contribution in [0.2, 0.25) is 0 Å². The number of esters is 3. The Hall–Kier alpha value is -1.59. The van der Waals surface area contributed by atoms with E-state index in [1.165, 1.54) is 154 Å². The predicted octanol–water partition coefficient (Wildman–Crippen LogP) is 14.7. The van der Waals surface area contributed by atoms with Crippen molar-refractivity contribution >= 4 is 17.9 Å². The van der Waals surface area contributed by atoms with Crippen molar-refractivity contribution in [3.63, 3.8) is 0 Å². The molecule has 0 spiro atoms. The number of carbonyl (C=O) groups excluding carboxylic acids is 3. The van der Waals surface area contributed by atoms with Crippen molar-refractivity contribution in [2.45, 2.75) is 265 Å². The van der Waals surface area contributed by atoms with Crippen LogP contribution in [0.3, 0.4) is 0 Å². The van der Waals surface area contributed by atoms with Gasteiger partial charge in [-0.05, 0) is 25.2 Å². The molecule has 0 aliphatic rings. The number of hydrogen-bond acceptors (Lipinski definition) is 6. The molecule has 0 aromatic rings. The Kier molecular flexibility index (Phi) is 40.3. The molecule has 0 radical (unpaired) electrons. The Bertz CT molecular complexity index is 796. The van der Waals surface area contributed by atoms with E-state index in [0.29, 0.717) is 19.3 Å². The summed E-state index contributed by atoms with van der Waals surface area (Å²) in [6.07, 6.45) is 41.0. The highest BCUT2D eigenvalue weighted by atomic mass is 16.6. The first-order chi connectivity index (χ1) is 25.9. The van der Waals surface area contributed by atoms with Gasteiger partial charge in [-0.15, -0.1) is 0 Å². The molecule has 314 valence electrons. The second-order valence-electron chi connectivity index (χ2n) is 16.5. The lowest BCUT2D eigenvalue weighted by atomic mass is 10.0. The molecule has 0 aliphatic heterocycles. The van der Waals surface area contributed by atoms with Gasteiger partial charge in [-0.3, -0.25) is 14.4 Å². The van der Waals surface area contributed by atoms with Gasteiger partial charge in [0, 0.05) is 19.3 Å². The summed E-state index contributed by atoms with van der Waals surface area (Å²) in [4.78, 5) is 37.6.